The third kappa shape index (κ3) is 3.20. The number of rotatable bonds is 3. The molecule has 96 valence electrons. The number of benzene rings is 1. The number of nitrogens with zero attached hydrogens (tertiary/aromatic N) is 1. The molecule has 0 aliphatic carbocycles. The lowest BCUT2D eigenvalue weighted by Gasteiger charge is -2.28. The van der Waals surface area contributed by atoms with Gasteiger partial charge in [-0.1, -0.05) is 12.1 Å². The molecule has 0 saturated carbocycles. The zero-order valence-corrected chi connectivity index (χ0v) is 11.0. The van der Waals surface area contributed by atoms with E-state index in [2.05, 4.69) is 29.2 Å². The minimum Gasteiger partial charge on any atom is -0.378 e. The molecule has 1 aliphatic rings. The van der Waals surface area contributed by atoms with E-state index in [1.807, 2.05) is 6.92 Å². The van der Waals surface area contributed by atoms with Gasteiger partial charge in [-0.3, -0.25) is 4.79 Å². The molecule has 2 rings (SSSR count). The first-order valence-corrected chi connectivity index (χ1v) is 6.29. The summed E-state index contributed by atoms with van der Waals surface area (Å²) in [5.41, 5.74) is 3.33. The first kappa shape index (κ1) is 12.8. The summed E-state index contributed by atoms with van der Waals surface area (Å²) < 4.78 is 5.34. The number of anilines is 1. The highest BCUT2D eigenvalue weighted by Crippen LogP contribution is 2.20. The second-order valence-electron chi connectivity index (χ2n) is 4.58. The third-order valence-corrected chi connectivity index (χ3v) is 3.12. The minimum atomic E-state index is 0.0877. The van der Waals surface area contributed by atoms with Crippen molar-refractivity contribution < 1.29 is 9.53 Å². The van der Waals surface area contributed by atoms with E-state index in [-0.39, 0.29) is 5.78 Å². The average Bonchev–Trinajstić information content (AvgIpc) is 2.39. The van der Waals surface area contributed by atoms with Gasteiger partial charge in [0.25, 0.3) is 0 Å². The Morgan fingerprint density at radius 3 is 2.33 bits per heavy atom. The van der Waals surface area contributed by atoms with Crippen LogP contribution in [0, 0.1) is 0 Å². The average molecular weight is 245 g/mol. The van der Waals surface area contributed by atoms with Crippen molar-refractivity contribution in [2.24, 2.45) is 0 Å². The van der Waals surface area contributed by atoms with Gasteiger partial charge in [-0.15, -0.1) is 0 Å². The van der Waals surface area contributed by atoms with Crippen molar-refractivity contribution in [3.8, 4) is 0 Å². The van der Waals surface area contributed by atoms with Crippen molar-refractivity contribution in [1.29, 1.82) is 0 Å². The fourth-order valence-electron chi connectivity index (χ4n) is 2.14. The van der Waals surface area contributed by atoms with Gasteiger partial charge in [0, 0.05) is 18.8 Å². The Hall–Kier alpha value is -1.61. The number of carbonyl (C=O) groups is 1. The van der Waals surface area contributed by atoms with Crippen LogP contribution < -0.4 is 4.90 Å². The lowest BCUT2D eigenvalue weighted by molar-refractivity contribution is -0.112. The summed E-state index contributed by atoms with van der Waals surface area (Å²) in [7, 11) is 0. The SMILES string of the molecule is CC(=O)/C=C(/C)c1ccc(N2CCOCC2)cc1. The molecule has 0 amide bonds. The van der Waals surface area contributed by atoms with Gasteiger partial charge in [-0.25, -0.2) is 0 Å². The van der Waals surface area contributed by atoms with Gasteiger partial charge in [0.05, 0.1) is 13.2 Å². The number of hydrogen-bond acceptors (Lipinski definition) is 3. The number of ketones is 1. The molecule has 1 aromatic rings. The lowest BCUT2D eigenvalue weighted by Crippen LogP contribution is -2.36. The first-order chi connectivity index (χ1) is 8.66. The van der Waals surface area contributed by atoms with Crippen LogP contribution in [0.3, 0.4) is 0 Å². The molecular weight excluding hydrogens is 226 g/mol. The fraction of sp³-hybridized carbons (Fsp3) is 0.400. The van der Waals surface area contributed by atoms with E-state index in [4.69, 9.17) is 4.74 Å². The molecule has 0 N–H and O–H groups in total. The summed E-state index contributed by atoms with van der Waals surface area (Å²) in [6, 6.07) is 8.36. The Bertz CT molecular complexity index is 442. The maximum Gasteiger partial charge on any atom is 0.152 e. The molecule has 0 atom stereocenters. The van der Waals surface area contributed by atoms with Crippen molar-refractivity contribution in [3.63, 3.8) is 0 Å². The minimum absolute atomic E-state index is 0.0877. The van der Waals surface area contributed by atoms with Crippen LogP contribution in [0.1, 0.15) is 19.4 Å². The summed E-state index contributed by atoms with van der Waals surface area (Å²) in [6.07, 6.45) is 1.67. The number of morpholine rings is 1. The van der Waals surface area contributed by atoms with E-state index in [0.29, 0.717) is 0 Å². The summed E-state index contributed by atoms with van der Waals surface area (Å²) in [5.74, 6) is 0.0877. The van der Waals surface area contributed by atoms with E-state index >= 15 is 0 Å². The van der Waals surface area contributed by atoms with Crippen LogP contribution in [0.5, 0.6) is 0 Å². The highest BCUT2D eigenvalue weighted by molar-refractivity contribution is 5.94. The summed E-state index contributed by atoms with van der Waals surface area (Å²) in [5, 5.41) is 0. The van der Waals surface area contributed by atoms with Crippen LogP contribution in [0.4, 0.5) is 5.69 Å². The highest BCUT2D eigenvalue weighted by atomic mass is 16.5. The van der Waals surface area contributed by atoms with Crippen LogP contribution in [-0.2, 0) is 9.53 Å². The third-order valence-electron chi connectivity index (χ3n) is 3.12. The van der Waals surface area contributed by atoms with Crippen LogP contribution in [0.15, 0.2) is 30.3 Å². The van der Waals surface area contributed by atoms with Crippen LogP contribution in [0.25, 0.3) is 5.57 Å². The van der Waals surface area contributed by atoms with Crippen molar-refractivity contribution in [3.05, 3.63) is 35.9 Å². The number of allylic oxidation sites excluding steroid dienone is 2. The van der Waals surface area contributed by atoms with Gasteiger partial charge in [0.15, 0.2) is 5.78 Å². The summed E-state index contributed by atoms with van der Waals surface area (Å²) in [6.45, 7) is 7.02. The zero-order valence-electron chi connectivity index (χ0n) is 11.0. The Labute approximate surface area is 108 Å². The summed E-state index contributed by atoms with van der Waals surface area (Å²) >= 11 is 0. The molecule has 1 saturated heterocycles. The van der Waals surface area contributed by atoms with Gasteiger partial charge in [0.1, 0.15) is 0 Å². The zero-order chi connectivity index (χ0) is 13.0. The van der Waals surface area contributed by atoms with Crippen LogP contribution >= 0.6 is 0 Å². The molecule has 0 unspecified atom stereocenters. The lowest BCUT2D eigenvalue weighted by atomic mass is 10.1. The van der Waals surface area contributed by atoms with Crippen LogP contribution in [0.2, 0.25) is 0 Å². The molecule has 1 aromatic carbocycles. The molecule has 0 spiro atoms. The van der Waals surface area contributed by atoms with Crippen molar-refractivity contribution in [2.75, 3.05) is 31.2 Å². The predicted molar refractivity (Wildman–Crippen MR) is 73.8 cm³/mol. The maximum atomic E-state index is 11.0. The first-order valence-electron chi connectivity index (χ1n) is 6.29. The molecule has 3 heteroatoms. The monoisotopic (exact) mass is 245 g/mol. The number of carbonyl (C=O) groups excluding carboxylic acids is 1. The molecule has 0 radical (unpaired) electrons. The van der Waals surface area contributed by atoms with Gasteiger partial charge in [-0.05, 0) is 43.2 Å². The van der Waals surface area contributed by atoms with Gasteiger partial charge in [0.2, 0.25) is 0 Å². The highest BCUT2D eigenvalue weighted by Gasteiger charge is 2.10. The van der Waals surface area contributed by atoms with Gasteiger partial charge in [-0.2, -0.15) is 0 Å². The van der Waals surface area contributed by atoms with Crippen molar-refractivity contribution in [1.82, 2.24) is 0 Å². The summed E-state index contributed by atoms with van der Waals surface area (Å²) in [4.78, 5) is 13.4. The maximum absolute atomic E-state index is 11.0. The smallest absolute Gasteiger partial charge is 0.152 e. The van der Waals surface area contributed by atoms with Gasteiger partial charge < -0.3 is 9.64 Å². The predicted octanol–water partition coefficient (Wildman–Crippen LogP) is 2.52. The second-order valence-corrected chi connectivity index (χ2v) is 4.58. The molecule has 0 bridgehead atoms. The standard InChI is InChI=1S/C15H19NO2/c1-12(11-13(2)17)14-3-5-15(6-4-14)16-7-9-18-10-8-16/h3-6,11H,7-10H2,1-2H3/b12-11-. The van der Waals surface area contributed by atoms with Crippen molar-refractivity contribution in [2.45, 2.75) is 13.8 Å². The molecular formula is C15H19NO2. The molecule has 1 aliphatic heterocycles. The topological polar surface area (TPSA) is 29.5 Å². The van der Waals surface area contributed by atoms with Crippen LogP contribution in [-0.4, -0.2) is 32.1 Å². The normalized spacial score (nSPS) is 16.8. The molecule has 0 aromatic heterocycles. The Balaban J connectivity index is 2.12. The molecule has 1 fully saturated rings. The number of ether oxygens (including phenoxy) is 1. The second kappa shape index (κ2) is 5.83. The van der Waals surface area contributed by atoms with E-state index in [1.165, 1.54) is 5.69 Å². The quantitative estimate of drug-likeness (QED) is 0.766. The number of hydrogen-bond donors (Lipinski definition) is 0. The van der Waals surface area contributed by atoms with E-state index in [9.17, 15) is 4.79 Å². The largest absolute Gasteiger partial charge is 0.378 e. The van der Waals surface area contributed by atoms with Crippen molar-refractivity contribution >= 4 is 17.0 Å². The fourth-order valence-corrected chi connectivity index (χ4v) is 2.14. The molecule has 18 heavy (non-hydrogen) atoms. The molecule has 3 nitrogen and oxygen atoms in total. The van der Waals surface area contributed by atoms with E-state index in [1.54, 1.807) is 13.0 Å². The van der Waals surface area contributed by atoms with E-state index < -0.39 is 0 Å². The van der Waals surface area contributed by atoms with E-state index in [0.717, 1.165) is 37.4 Å². The van der Waals surface area contributed by atoms with Gasteiger partial charge >= 0.3 is 0 Å². The Morgan fingerprint density at radius 2 is 1.78 bits per heavy atom. The molecule has 1 heterocycles. The Morgan fingerprint density at radius 1 is 1.17 bits per heavy atom. The Kier molecular flexibility index (Phi) is 4.15.